The van der Waals surface area contributed by atoms with E-state index < -0.39 is 0 Å². The summed E-state index contributed by atoms with van der Waals surface area (Å²) in [6, 6.07) is 0.246. The molecule has 0 aliphatic rings. The second-order valence-corrected chi connectivity index (χ2v) is 4.25. The highest BCUT2D eigenvalue weighted by Crippen LogP contribution is 2.13. The summed E-state index contributed by atoms with van der Waals surface area (Å²) in [5.74, 6) is 0. The van der Waals surface area contributed by atoms with Gasteiger partial charge in [0, 0.05) is 4.47 Å². The predicted molar refractivity (Wildman–Crippen MR) is 66.6 cm³/mol. The maximum Gasteiger partial charge on any atom is 0.0635 e. The molecule has 1 heteroatoms. The zero-order valence-electron chi connectivity index (χ0n) is 12.6. The van der Waals surface area contributed by atoms with Crippen LogP contribution in [0.1, 0.15) is 50.1 Å². The summed E-state index contributed by atoms with van der Waals surface area (Å²) in [6.07, 6.45) is 6.23. The third kappa shape index (κ3) is 4.80. The molecule has 0 aromatic heterocycles. The summed E-state index contributed by atoms with van der Waals surface area (Å²) >= 11 is 3.10. The predicted octanol–water partition coefficient (Wildman–Crippen LogP) is 4.96. The van der Waals surface area contributed by atoms with Gasteiger partial charge in [-0.3, -0.25) is 0 Å². The van der Waals surface area contributed by atoms with Gasteiger partial charge in [-0.2, -0.15) is 0 Å². The Kier molecular flexibility index (Phi) is 3.55. The van der Waals surface area contributed by atoms with Crippen molar-refractivity contribution in [1.29, 1.82) is 0 Å². The number of rotatable bonds is 6. The molecular weight excluding hydrogens is 236 g/mol. The van der Waals surface area contributed by atoms with Crippen LogP contribution in [0.3, 0.4) is 0 Å². The molecule has 14 heavy (non-hydrogen) atoms. The fraction of sp³-hybridized carbons (Fsp3) is 0.538. The van der Waals surface area contributed by atoms with Crippen molar-refractivity contribution in [3.8, 4) is 0 Å². The van der Waals surface area contributed by atoms with Crippen molar-refractivity contribution >= 4 is 15.9 Å². The standard InChI is InChI=1S/C13H19Br/c1-2-3-4-5-6-7-12-8-10-13(14)11-9-12/h8-11H,2-7H2,1H3/i8D,9D,10D,11D. The minimum absolute atomic E-state index is 0.0274. The summed E-state index contributed by atoms with van der Waals surface area (Å²) < 4.78 is 31.5. The summed E-state index contributed by atoms with van der Waals surface area (Å²) in [5, 5.41) is 0. The molecule has 0 unspecified atom stereocenters. The monoisotopic (exact) mass is 258 g/mol. The molecule has 0 radical (unpaired) electrons. The maximum atomic E-state index is 7.87. The third-order valence-corrected chi connectivity index (χ3v) is 2.57. The highest BCUT2D eigenvalue weighted by Gasteiger charge is 1.93. The van der Waals surface area contributed by atoms with Crippen molar-refractivity contribution in [2.45, 2.75) is 45.4 Å². The molecule has 0 aliphatic carbocycles. The van der Waals surface area contributed by atoms with Gasteiger partial charge in [0.2, 0.25) is 0 Å². The van der Waals surface area contributed by atoms with Gasteiger partial charge in [0.1, 0.15) is 0 Å². The van der Waals surface area contributed by atoms with Crippen LogP contribution in [0.5, 0.6) is 0 Å². The van der Waals surface area contributed by atoms with Crippen molar-refractivity contribution in [2.24, 2.45) is 0 Å². The lowest BCUT2D eigenvalue weighted by atomic mass is 10.1. The number of benzene rings is 1. The fourth-order valence-electron chi connectivity index (χ4n) is 1.35. The SMILES string of the molecule is [2H]c1c([2H])c(CCCCCCC)c([2H])c([2H])c1Br. The molecule has 0 heterocycles. The minimum Gasteiger partial charge on any atom is -0.0654 e. The zero-order valence-corrected chi connectivity index (χ0v) is 10.2. The molecule has 0 aliphatic heterocycles. The van der Waals surface area contributed by atoms with E-state index >= 15 is 0 Å². The van der Waals surface area contributed by atoms with E-state index in [2.05, 4.69) is 22.9 Å². The number of unbranched alkanes of at least 4 members (excludes halogenated alkanes) is 4. The van der Waals surface area contributed by atoms with Gasteiger partial charge >= 0.3 is 0 Å². The van der Waals surface area contributed by atoms with Crippen LogP contribution in [0.2, 0.25) is 0 Å². The van der Waals surface area contributed by atoms with Crippen LogP contribution in [0.25, 0.3) is 0 Å². The summed E-state index contributed by atoms with van der Waals surface area (Å²) in [5.41, 5.74) is 0.546. The molecule has 0 nitrogen and oxygen atoms in total. The van der Waals surface area contributed by atoms with Gasteiger partial charge in [-0.05, 0) is 30.5 Å². The molecule has 0 N–H and O–H groups in total. The average Bonchev–Trinajstić information content (AvgIpc) is 2.37. The van der Waals surface area contributed by atoms with E-state index in [0.717, 1.165) is 12.8 Å². The van der Waals surface area contributed by atoms with E-state index in [1.54, 1.807) is 0 Å². The minimum atomic E-state index is 0.0274. The molecule has 0 atom stereocenters. The fourth-order valence-corrected chi connectivity index (χ4v) is 1.55. The van der Waals surface area contributed by atoms with Crippen LogP contribution in [-0.2, 0) is 6.42 Å². The van der Waals surface area contributed by atoms with Crippen molar-refractivity contribution in [3.63, 3.8) is 0 Å². The average molecular weight is 259 g/mol. The highest BCUT2D eigenvalue weighted by atomic mass is 79.9. The molecule has 0 bridgehead atoms. The first-order chi connectivity index (χ1) is 8.50. The van der Waals surface area contributed by atoms with Crippen molar-refractivity contribution < 1.29 is 5.48 Å². The molecular formula is C13H19Br. The Hall–Kier alpha value is -0.300. The Morgan fingerprint density at radius 2 is 1.71 bits per heavy atom. The lowest BCUT2D eigenvalue weighted by molar-refractivity contribution is 0.632. The van der Waals surface area contributed by atoms with Crippen LogP contribution in [-0.4, -0.2) is 0 Å². The molecule has 1 aromatic rings. The molecule has 0 amide bonds. The Labute approximate surface area is 101 Å². The number of halogens is 1. The smallest absolute Gasteiger partial charge is 0.0635 e. The molecule has 0 saturated carbocycles. The Balaban J connectivity index is 2.77. The van der Waals surface area contributed by atoms with E-state index in [-0.39, 0.29) is 28.6 Å². The first-order valence-corrected chi connectivity index (χ1v) is 6.04. The molecule has 78 valence electrons. The second-order valence-electron chi connectivity index (χ2n) is 3.46. The topological polar surface area (TPSA) is 0 Å². The summed E-state index contributed by atoms with van der Waals surface area (Å²) in [6.45, 7) is 2.16. The van der Waals surface area contributed by atoms with Gasteiger partial charge in [0.15, 0.2) is 0 Å². The first-order valence-electron chi connectivity index (χ1n) is 7.25. The number of hydrogen-bond acceptors (Lipinski definition) is 0. The Bertz CT molecular complexity index is 389. The van der Waals surface area contributed by atoms with Gasteiger partial charge in [0.25, 0.3) is 0 Å². The first kappa shape index (κ1) is 7.05. The lowest BCUT2D eigenvalue weighted by Gasteiger charge is -2.01. The lowest BCUT2D eigenvalue weighted by Crippen LogP contribution is -1.85. The molecule has 0 saturated heterocycles. The van der Waals surface area contributed by atoms with Crippen LogP contribution in [0.4, 0.5) is 0 Å². The van der Waals surface area contributed by atoms with E-state index in [1.807, 2.05) is 0 Å². The van der Waals surface area contributed by atoms with Crippen LogP contribution in [0, 0.1) is 0 Å². The number of hydrogen-bond donors (Lipinski definition) is 0. The Morgan fingerprint density at radius 1 is 1.07 bits per heavy atom. The Morgan fingerprint density at radius 3 is 2.36 bits per heavy atom. The third-order valence-electron chi connectivity index (χ3n) is 2.18. The largest absolute Gasteiger partial charge is 0.0654 e. The van der Waals surface area contributed by atoms with E-state index in [9.17, 15) is 0 Å². The van der Waals surface area contributed by atoms with Gasteiger partial charge in [-0.25, -0.2) is 0 Å². The second kappa shape index (κ2) is 7.05. The van der Waals surface area contributed by atoms with Crippen LogP contribution < -0.4 is 0 Å². The summed E-state index contributed by atoms with van der Waals surface area (Å²) in [4.78, 5) is 0. The van der Waals surface area contributed by atoms with Crippen molar-refractivity contribution in [3.05, 3.63) is 34.2 Å². The molecule has 0 fully saturated rings. The van der Waals surface area contributed by atoms with Gasteiger partial charge in [0.05, 0.1) is 5.48 Å². The van der Waals surface area contributed by atoms with Gasteiger partial charge in [-0.15, -0.1) is 0 Å². The highest BCUT2D eigenvalue weighted by molar-refractivity contribution is 9.10. The van der Waals surface area contributed by atoms with E-state index in [0.29, 0.717) is 12.0 Å². The molecule has 1 rings (SSSR count). The quantitative estimate of drug-likeness (QED) is 0.633. The van der Waals surface area contributed by atoms with E-state index in [1.165, 1.54) is 19.3 Å². The van der Waals surface area contributed by atoms with Crippen LogP contribution in [0.15, 0.2) is 28.6 Å². The van der Waals surface area contributed by atoms with E-state index in [4.69, 9.17) is 5.48 Å². The van der Waals surface area contributed by atoms with Crippen LogP contribution >= 0.6 is 15.9 Å². The van der Waals surface area contributed by atoms with Crippen molar-refractivity contribution in [2.75, 3.05) is 0 Å². The maximum absolute atomic E-state index is 7.87. The van der Waals surface area contributed by atoms with Gasteiger partial charge in [-0.1, -0.05) is 60.6 Å². The molecule has 1 aromatic carbocycles. The molecule has 0 spiro atoms. The van der Waals surface area contributed by atoms with Gasteiger partial charge < -0.3 is 0 Å². The summed E-state index contributed by atoms with van der Waals surface area (Å²) in [7, 11) is 0. The van der Waals surface area contributed by atoms with Crippen molar-refractivity contribution in [1.82, 2.24) is 0 Å². The zero-order chi connectivity index (χ0) is 13.7. The normalized spacial score (nSPS) is 14.4.